The molecule has 1 N–H and O–H groups in total. The van der Waals surface area contributed by atoms with Crippen LogP contribution < -0.4 is 0 Å². The highest BCUT2D eigenvalue weighted by Gasteiger charge is 2.29. The van der Waals surface area contributed by atoms with Gasteiger partial charge in [-0.1, -0.05) is 18.5 Å². The Labute approximate surface area is 148 Å². The summed E-state index contributed by atoms with van der Waals surface area (Å²) in [5, 5.41) is 15.8. The fourth-order valence-electron chi connectivity index (χ4n) is 3.56. The lowest BCUT2D eigenvalue weighted by Gasteiger charge is -2.34. The zero-order chi connectivity index (χ0) is 17.3. The van der Waals surface area contributed by atoms with Gasteiger partial charge in [0.05, 0.1) is 5.69 Å². The minimum atomic E-state index is -0.486. The fraction of sp³-hybridized carbons (Fsp3) is 0.647. The molecule has 2 aromatic heterocycles. The minimum Gasteiger partial charge on any atom is -0.385 e. The first-order chi connectivity index (χ1) is 11.5. The van der Waals surface area contributed by atoms with E-state index < -0.39 is 6.10 Å². The van der Waals surface area contributed by atoms with Crippen LogP contribution in [0.25, 0.3) is 0 Å². The molecule has 132 valence electrons. The molecular weight excluding hydrogens is 326 g/mol. The number of aliphatic hydroxyl groups is 1. The monoisotopic (exact) mass is 351 g/mol. The van der Waals surface area contributed by atoms with Gasteiger partial charge in [-0.25, -0.2) is 4.98 Å². The number of rotatable bonds is 5. The van der Waals surface area contributed by atoms with E-state index in [-0.39, 0.29) is 5.92 Å². The highest BCUT2D eigenvalue weighted by Crippen LogP contribution is 2.31. The predicted octanol–water partition coefficient (Wildman–Crippen LogP) is 2.32. The molecule has 1 aliphatic rings. The van der Waals surface area contributed by atoms with Crippen LogP contribution >= 0.6 is 11.6 Å². The quantitative estimate of drug-likeness (QED) is 0.898. The number of hydrogen-bond donors (Lipinski definition) is 1. The molecule has 0 radical (unpaired) electrons. The van der Waals surface area contributed by atoms with E-state index in [0.717, 1.165) is 61.1 Å². The van der Waals surface area contributed by atoms with Gasteiger partial charge in [0.1, 0.15) is 17.1 Å². The van der Waals surface area contributed by atoms with Crippen molar-refractivity contribution in [3.63, 3.8) is 0 Å². The molecule has 7 heteroatoms. The van der Waals surface area contributed by atoms with E-state index >= 15 is 0 Å². The average Bonchev–Trinajstić information content (AvgIpc) is 3.13. The second-order valence-electron chi connectivity index (χ2n) is 6.65. The summed E-state index contributed by atoms with van der Waals surface area (Å²) in [6, 6.07) is 0. The molecule has 6 nitrogen and oxygen atoms in total. The third-order valence-corrected chi connectivity index (χ3v) is 5.54. The number of imidazole rings is 1. The van der Waals surface area contributed by atoms with Gasteiger partial charge in [-0.15, -0.1) is 0 Å². The Bertz CT molecular complexity index is 687. The van der Waals surface area contributed by atoms with Gasteiger partial charge in [-0.3, -0.25) is 9.58 Å². The van der Waals surface area contributed by atoms with E-state index in [1.807, 2.05) is 24.9 Å². The smallest absolute Gasteiger partial charge is 0.137 e. The third-order valence-electron chi connectivity index (χ3n) is 5.07. The summed E-state index contributed by atoms with van der Waals surface area (Å²) in [5.41, 5.74) is 2.22. The van der Waals surface area contributed by atoms with Crippen LogP contribution in [0, 0.1) is 5.92 Å². The van der Waals surface area contributed by atoms with Gasteiger partial charge in [-0.05, 0) is 38.3 Å². The van der Waals surface area contributed by atoms with Crippen LogP contribution in [0.5, 0.6) is 0 Å². The molecule has 2 aromatic rings. The van der Waals surface area contributed by atoms with Gasteiger partial charge in [0.25, 0.3) is 0 Å². The molecule has 0 amide bonds. The molecule has 1 aliphatic heterocycles. The lowest BCUT2D eigenvalue weighted by atomic mass is 9.90. The standard InChI is InChI=1S/C17H26ClN5O/c1-4-14-13(16(18)22(3)20-14)11-23-8-5-12(6-9-23)15(24)17-19-7-10-21(17)2/h7,10,12,15,24H,4-6,8-9,11H2,1-3H3/t15-/m0/s1. The van der Waals surface area contributed by atoms with Gasteiger partial charge >= 0.3 is 0 Å². The van der Waals surface area contributed by atoms with Crippen LogP contribution in [0.4, 0.5) is 0 Å². The maximum absolute atomic E-state index is 10.6. The Morgan fingerprint density at radius 2 is 2.04 bits per heavy atom. The van der Waals surface area contributed by atoms with Crippen molar-refractivity contribution in [3.8, 4) is 0 Å². The summed E-state index contributed by atoms with van der Waals surface area (Å²) in [4.78, 5) is 6.69. The van der Waals surface area contributed by atoms with E-state index in [4.69, 9.17) is 11.6 Å². The molecule has 0 spiro atoms. The number of halogens is 1. The van der Waals surface area contributed by atoms with Crippen LogP contribution in [-0.4, -0.2) is 42.4 Å². The van der Waals surface area contributed by atoms with Gasteiger partial charge < -0.3 is 9.67 Å². The fourth-order valence-corrected chi connectivity index (χ4v) is 3.77. The molecule has 0 saturated carbocycles. The largest absolute Gasteiger partial charge is 0.385 e. The van der Waals surface area contributed by atoms with Crippen LogP contribution in [0.3, 0.4) is 0 Å². The third kappa shape index (κ3) is 3.36. The van der Waals surface area contributed by atoms with Crippen LogP contribution in [0.15, 0.2) is 12.4 Å². The van der Waals surface area contributed by atoms with Crippen LogP contribution in [0.1, 0.15) is 43.0 Å². The molecule has 3 heterocycles. The molecule has 1 saturated heterocycles. The number of nitrogens with zero attached hydrogens (tertiary/aromatic N) is 5. The molecule has 0 aliphatic carbocycles. The molecule has 0 bridgehead atoms. The maximum atomic E-state index is 10.6. The van der Waals surface area contributed by atoms with E-state index in [2.05, 4.69) is 21.9 Å². The van der Waals surface area contributed by atoms with Crippen molar-refractivity contribution in [2.75, 3.05) is 13.1 Å². The zero-order valence-corrected chi connectivity index (χ0v) is 15.4. The number of aryl methyl sites for hydroxylation is 3. The summed E-state index contributed by atoms with van der Waals surface area (Å²) >= 11 is 6.40. The maximum Gasteiger partial charge on any atom is 0.137 e. The number of piperidine rings is 1. The van der Waals surface area contributed by atoms with Crippen molar-refractivity contribution in [2.24, 2.45) is 20.0 Å². The summed E-state index contributed by atoms with van der Waals surface area (Å²) in [7, 11) is 3.82. The van der Waals surface area contributed by atoms with Crippen molar-refractivity contribution < 1.29 is 5.11 Å². The lowest BCUT2D eigenvalue weighted by molar-refractivity contribution is 0.0491. The van der Waals surface area contributed by atoms with Crippen molar-refractivity contribution in [2.45, 2.75) is 38.8 Å². The van der Waals surface area contributed by atoms with Crippen LogP contribution in [-0.2, 0) is 27.1 Å². The highest BCUT2D eigenvalue weighted by atomic mass is 35.5. The zero-order valence-electron chi connectivity index (χ0n) is 14.6. The van der Waals surface area contributed by atoms with Crippen molar-refractivity contribution in [3.05, 3.63) is 34.6 Å². The van der Waals surface area contributed by atoms with E-state index in [9.17, 15) is 5.11 Å². The Morgan fingerprint density at radius 3 is 2.62 bits per heavy atom. The first-order valence-corrected chi connectivity index (χ1v) is 8.97. The second-order valence-corrected chi connectivity index (χ2v) is 7.01. The SMILES string of the molecule is CCc1nn(C)c(Cl)c1CN1CCC([C@H](O)c2nccn2C)CC1. The average molecular weight is 352 g/mol. The second kappa shape index (κ2) is 7.25. The first kappa shape index (κ1) is 17.5. The minimum absolute atomic E-state index is 0.261. The molecule has 1 fully saturated rings. The van der Waals surface area contributed by atoms with Crippen molar-refractivity contribution in [1.82, 2.24) is 24.2 Å². The lowest BCUT2D eigenvalue weighted by Crippen LogP contribution is -2.35. The van der Waals surface area contributed by atoms with Crippen LogP contribution in [0.2, 0.25) is 5.15 Å². The number of aliphatic hydroxyl groups excluding tert-OH is 1. The topological polar surface area (TPSA) is 59.1 Å². The summed E-state index contributed by atoms with van der Waals surface area (Å²) in [6.07, 6.45) is 5.96. The normalized spacial score (nSPS) is 18.2. The highest BCUT2D eigenvalue weighted by molar-refractivity contribution is 6.30. The van der Waals surface area contributed by atoms with E-state index in [1.165, 1.54) is 0 Å². The summed E-state index contributed by atoms with van der Waals surface area (Å²) in [6.45, 7) is 4.86. The van der Waals surface area contributed by atoms with Crippen molar-refractivity contribution >= 4 is 11.6 Å². The molecule has 0 unspecified atom stereocenters. The first-order valence-electron chi connectivity index (χ1n) is 8.59. The molecule has 3 rings (SSSR count). The van der Waals surface area contributed by atoms with Gasteiger partial charge in [0.15, 0.2) is 0 Å². The van der Waals surface area contributed by atoms with Crippen molar-refractivity contribution in [1.29, 1.82) is 0 Å². The van der Waals surface area contributed by atoms with Gasteiger partial charge in [-0.2, -0.15) is 5.10 Å². The Hall–Kier alpha value is -1.37. The molecule has 1 atom stereocenters. The predicted molar refractivity (Wildman–Crippen MR) is 93.8 cm³/mol. The van der Waals surface area contributed by atoms with Gasteiger partial charge in [0.2, 0.25) is 0 Å². The Kier molecular flexibility index (Phi) is 5.27. The van der Waals surface area contributed by atoms with Gasteiger partial charge in [0, 0.05) is 38.6 Å². The number of likely N-dealkylation sites (tertiary alicyclic amines) is 1. The van der Waals surface area contributed by atoms with E-state index in [1.54, 1.807) is 10.9 Å². The Morgan fingerprint density at radius 1 is 1.33 bits per heavy atom. The molecule has 0 aromatic carbocycles. The summed E-state index contributed by atoms with van der Waals surface area (Å²) in [5.74, 6) is 1.02. The molecule has 24 heavy (non-hydrogen) atoms. The molecular formula is C17H26ClN5O. The van der Waals surface area contributed by atoms with E-state index in [0.29, 0.717) is 0 Å². The number of hydrogen-bond acceptors (Lipinski definition) is 4. The Balaban J connectivity index is 1.61. The summed E-state index contributed by atoms with van der Waals surface area (Å²) < 4.78 is 3.66. The number of aromatic nitrogens is 4.